The van der Waals surface area contributed by atoms with Gasteiger partial charge >= 0.3 is 0 Å². The van der Waals surface area contributed by atoms with Gasteiger partial charge in [-0.05, 0) is 24.3 Å². The molecular weight excluding hydrogens is 197 g/mol. The topological polar surface area (TPSA) is 40.5 Å². The fourth-order valence-corrected chi connectivity index (χ4v) is 1.77. The van der Waals surface area contributed by atoms with E-state index in [4.69, 9.17) is 5.11 Å². The first-order valence-electron chi connectivity index (χ1n) is 4.87. The summed E-state index contributed by atoms with van der Waals surface area (Å²) in [6.45, 7) is 0.532. The summed E-state index contributed by atoms with van der Waals surface area (Å²) >= 11 is 0. The molecule has 0 unspecified atom stereocenters. The van der Waals surface area contributed by atoms with E-state index in [0.29, 0.717) is 18.7 Å². The maximum atomic E-state index is 12.7. The Hall–Kier alpha value is -1.42. The number of benzene rings is 1. The fraction of sp³-hybridized carbons (Fsp3) is 0.364. The summed E-state index contributed by atoms with van der Waals surface area (Å²) in [5.74, 6) is -0.327. The molecule has 0 aliphatic carbocycles. The van der Waals surface area contributed by atoms with Crippen molar-refractivity contribution in [2.45, 2.75) is 6.42 Å². The van der Waals surface area contributed by atoms with Gasteiger partial charge < -0.3 is 10.0 Å². The smallest absolute Gasteiger partial charge is 0.227 e. The molecule has 3 nitrogen and oxygen atoms in total. The molecule has 1 amide bonds. The van der Waals surface area contributed by atoms with Crippen molar-refractivity contribution in [3.8, 4) is 0 Å². The number of aliphatic hydroxyl groups excluding tert-OH is 1. The Kier molecular flexibility index (Phi) is 2.68. The Bertz CT molecular complexity index is 363. The zero-order valence-corrected chi connectivity index (χ0v) is 8.19. The molecule has 0 radical (unpaired) electrons. The van der Waals surface area contributed by atoms with Crippen LogP contribution in [-0.4, -0.2) is 24.2 Å². The van der Waals surface area contributed by atoms with Crippen molar-refractivity contribution in [2.75, 3.05) is 18.1 Å². The number of halogens is 1. The van der Waals surface area contributed by atoms with Crippen molar-refractivity contribution in [3.05, 3.63) is 30.1 Å². The SMILES string of the molecule is O=C1C[C@@H](CO)CN1c1ccc(F)cc1. The molecule has 1 aliphatic rings. The molecule has 1 saturated heterocycles. The summed E-state index contributed by atoms with van der Waals surface area (Å²) in [5.41, 5.74) is 0.692. The third-order valence-corrected chi connectivity index (χ3v) is 2.60. The van der Waals surface area contributed by atoms with E-state index in [1.165, 1.54) is 12.1 Å². The van der Waals surface area contributed by atoms with Gasteiger partial charge in [-0.15, -0.1) is 0 Å². The molecule has 0 aromatic heterocycles. The molecule has 1 atom stereocenters. The third kappa shape index (κ3) is 1.99. The van der Waals surface area contributed by atoms with Gasteiger partial charge in [0.2, 0.25) is 5.91 Å². The number of hydrogen-bond donors (Lipinski definition) is 1. The quantitative estimate of drug-likeness (QED) is 0.794. The van der Waals surface area contributed by atoms with Gasteiger partial charge in [0, 0.05) is 31.2 Å². The number of hydrogen-bond acceptors (Lipinski definition) is 2. The Balaban J connectivity index is 2.18. The van der Waals surface area contributed by atoms with E-state index in [1.807, 2.05) is 0 Å². The molecule has 1 heterocycles. The van der Waals surface area contributed by atoms with Gasteiger partial charge in [-0.1, -0.05) is 0 Å². The summed E-state index contributed by atoms with van der Waals surface area (Å²) in [6.07, 6.45) is 0.369. The monoisotopic (exact) mass is 209 g/mol. The van der Waals surface area contributed by atoms with Crippen LogP contribution < -0.4 is 4.90 Å². The number of carbonyl (C=O) groups excluding carboxylic acids is 1. The minimum absolute atomic E-state index is 0.00236. The summed E-state index contributed by atoms with van der Waals surface area (Å²) in [6, 6.07) is 5.81. The first-order valence-corrected chi connectivity index (χ1v) is 4.87. The van der Waals surface area contributed by atoms with Gasteiger partial charge in [0.1, 0.15) is 5.82 Å². The average molecular weight is 209 g/mol. The zero-order valence-electron chi connectivity index (χ0n) is 8.19. The van der Waals surface area contributed by atoms with Crippen LogP contribution in [0.3, 0.4) is 0 Å². The molecule has 1 aromatic rings. The van der Waals surface area contributed by atoms with E-state index in [2.05, 4.69) is 0 Å². The lowest BCUT2D eigenvalue weighted by atomic mass is 10.1. The van der Waals surface area contributed by atoms with Gasteiger partial charge in [-0.2, -0.15) is 0 Å². The van der Waals surface area contributed by atoms with Gasteiger partial charge in [0.25, 0.3) is 0 Å². The van der Waals surface area contributed by atoms with Crippen LogP contribution in [0, 0.1) is 11.7 Å². The van der Waals surface area contributed by atoms with E-state index in [0.717, 1.165) is 0 Å². The number of nitrogens with zero attached hydrogens (tertiary/aromatic N) is 1. The van der Waals surface area contributed by atoms with E-state index >= 15 is 0 Å². The molecule has 1 aliphatic heterocycles. The van der Waals surface area contributed by atoms with Gasteiger partial charge in [0.15, 0.2) is 0 Å². The highest BCUT2D eigenvalue weighted by Gasteiger charge is 2.29. The molecule has 0 spiro atoms. The van der Waals surface area contributed by atoms with Crippen LogP contribution in [0.15, 0.2) is 24.3 Å². The Morgan fingerprint density at radius 2 is 2.07 bits per heavy atom. The molecule has 1 fully saturated rings. The first kappa shape index (κ1) is 10.1. The molecular formula is C11H12FNO2. The zero-order chi connectivity index (χ0) is 10.8. The minimum atomic E-state index is -0.316. The van der Waals surface area contributed by atoms with E-state index in [-0.39, 0.29) is 24.2 Å². The van der Waals surface area contributed by atoms with E-state index in [1.54, 1.807) is 17.0 Å². The summed E-state index contributed by atoms with van der Waals surface area (Å²) in [4.78, 5) is 13.1. The normalized spacial score (nSPS) is 21.1. The van der Waals surface area contributed by atoms with Crippen molar-refractivity contribution < 1.29 is 14.3 Å². The number of amides is 1. The Morgan fingerprint density at radius 1 is 1.40 bits per heavy atom. The summed E-state index contributed by atoms with van der Waals surface area (Å²) in [5, 5.41) is 8.95. The van der Waals surface area contributed by atoms with Crippen molar-refractivity contribution >= 4 is 11.6 Å². The fourth-order valence-electron chi connectivity index (χ4n) is 1.77. The maximum Gasteiger partial charge on any atom is 0.227 e. The van der Waals surface area contributed by atoms with E-state index < -0.39 is 0 Å². The van der Waals surface area contributed by atoms with Crippen LogP contribution in [0.2, 0.25) is 0 Å². The molecule has 2 rings (SSSR count). The lowest BCUT2D eigenvalue weighted by Crippen LogP contribution is -2.24. The second-order valence-corrected chi connectivity index (χ2v) is 3.73. The lowest BCUT2D eigenvalue weighted by molar-refractivity contribution is -0.117. The first-order chi connectivity index (χ1) is 7.20. The average Bonchev–Trinajstić information content (AvgIpc) is 2.61. The minimum Gasteiger partial charge on any atom is -0.396 e. The lowest BCUT2D eigenvalue weighted by Gasteiger charge is -2.16. The van der Waals surface area contributed by atoms with Gasteiger partial charge in [-0.3, -0.25) is 4.79 Å². The standard InChI is InChI=1S/C11H12FNO2/c12-9-1-3-10(4-2-9)13-6-8(7-14)5-11(13)15/h1-4,8,14H,5-7H2/t8-/m1/s1. The molecule has 80 valence electrons. The second kappa shape index (κ2) is 3.98. The number of carbonyl (C=O) groups is 1. The largest absolute Gasteiger partial charge is 0.396 e. The Morgan fingerprint density at radius 3 is 2.60 bits per heavy atom. The maximum absolute atomic E-state index is 12.7. The van der Waals surface area contributed by atoms with Crippen LogP contribution in [-0.2, 0) is 4.79 Å². The molecule has 15 heavy (non-hydrogen) atoms. The number of aliphatic hydroxyl groups is 1. The van der Waals surface area contributed by atoms with Gasteiger partial charge in [0.05, 0.1) is 0 Å². The van der Waals surface area contributed by atoms with Crippen LogP contribution in [0.25, 0.3) is 0 Å². The third-order valence-electron chi connectivity index (χ3n) is 2.60. The van der Waals surface area contributed by atoms with E-state index in [9.17, 15) is 9.18 Å². The van der Waals surface area contributed by atoms with Crippen LogP contribution >= 0.6 is 0 Å². The van der Waals surface area contributed by atoms with Crippen molar-refractivity contribution in [2.24, 2.45) is 5.92 Å². The molecule has 4 heteroatoms. The Labute approximate surface area is 87.1 Å². The number of anilines is 1. The van der Waals surface area contributed by atoms with Crippen molar-refractivity contribution in [1.82, 2.24) is 0 Å². The van der Waals surface area contributed by atoms with Crippen molar-refractivity contribution in [3.63, 3.8) is 0 Å². The number of rotatable bonds is 2. The molecule has 0 bridgehead atoms. The molecule has 0 saturated carbocycles. The molecule has 1 N–H and O–H groups in total. The second-order valence-electron chi connectivity index (χ2n) is 3.73. The highest BCUT2D eigenvalue weighted by Crippen LogP contribution is 2.24. The van der Waals surface area contributed by atoms with Crippen LogP contribution in [0.1, 0.15) is 6.42 Å². The van der Waals surface area contributed by atoms with Crippen LogP contribution in [0.5, 0.6) is 0 Å². The summed E-state index contributed by atoms with van der Waals surface area (Å²) < 4.78 is 12.7. The highest BCUT2D eigenvalue weighted by atomic mass is 19.1. The highest BCUT2D eigenvalue weighted by molar-refractivity contribution is 5.95. The van der Waals surface area contributed by atoms with Crippen LogP contribution in [0.4, 0.5) is 10.1 Å². The van der Waals surface area contributed by atoms with Crippen molar-refractivity contribution in [1.29, 1.82) is 0 Å². The summed E-state index contributed by atoms with van der Waals surface area (Å²) in [7, 11) is 0. The molecule has 1 aromatic carbocycles. The predicted octanol–water partition coefficient (Wildman–Crippen LogP) is 1.17. The van der Waals surface area contributed by atoms with Gasteiger partial charge in [-0.25, -0.2) is 4.39 Å². The predicted molar refractivity (Wildman–Crippen MR) is 53.9 cm³/mol.